The minimum absolute atomic E-state index is 0.0152. The number of benzene rings is 1. The van der Waals surface area contributed by atoms with E-state index in [9.17, 15) is 4.57 Å². The second-order valence-electron chi connectivity index (χ2n) is 3.94. The summed E-state index contributed by atoms with van der Waals surface area (Å²) in [6.07, 6.45) is 2.33. The van der Waals surface area contributed by atoms with E-state index in [1.807, 2.05) is 37.3 Å². The average molecular weight is 272 g/mol. The van der Waals surface area contributed by atoms with Crippen LogP contribution in [0.5, 0.6) is 0 Å². The molecule has 0 aliphatic carbocycles. The first kappa shape index (κ1) is 14.8. The summed E-state index contributed by atoms with van der Waals surface area (Å²) in [5, 5.41) is 0.819. The van der Waals surface area contributed by atoms with E-state index in [2.05, 4.69) is 6.92 Å². The van der Waals surface area contributed by atoms with Gasteiger partial charge in [-0.05, 0) is 31.2 Å². The van der Waals surface area contributed by atoms with Crippen LogP contribution in [0.1, 0.15) is 26.7 Å². The summed E-state index contributed by atoms with van der Waals surface area (Å²) in [4.78, 5) is 0.0152. The van der Waals surface area contributed by atoms with Crippen molar-refractivity contribution in [1.29, 1.82) is 0 Å². The lowest BCUT2D eigenvalue weighted by Gasteiger charge is -2.23. The predicted octanol–water partition coefficient (Wildman–Crippen LogP) is 4.12. The third-order valence-electron chi connectivity index (χ3n) is 2.72. The van der Waals surface area contributed by atoms with E-state index < -0.39 is 7.37 Å². The molecule has 0 N–H and O–H groups in total. The third kappa shape index (κ3) is 3.87. The van der Waals surface area contributed by atoms with Gasteiger partial charge in [0, 0.05) is 12.4 Å². The van der Waals surface area contributed by atoms with Crippen molar-refractivity contribution in [3.8, 4) is 0 Å². The highest BCUT2D eigenvalue weighted by molar-refractivity contribution is 8.06. The van der Waals surface area contributed by atoms with E-state index in [4.69, 9.17) is 4.52 Å². The molecule has 96 valence electrons. The molecule has 2 nitrogen and oxygen atoms in total. The zero-order valence-electron chi connectivity index (χ0n) is 10.8. The fraction of sp³-hybridized carbons (Fsp3) is 0.538. The Labute approximate surface area is 109 Å². The van der Waals surface area contributed by atoms with Gasteiger partial charge in [0.2, 0.25) is 7.37 Å². The molecule has 0 radical (unpaired) electrons. The first-order chi connectivity index (χ1) is 8.15. The maximum absolute atomic E-state index is 12.8. The van der Waals surface area contributed by atoms with Crippen LogP contribution in [-0.4, -0.2) is 17.9 Å². The van der Waals surface area contributed by atoms with Crippen molar-refractivity contribution in [2.75, 3.05) is 12.9 Å². The van der Waals surface area contributed by atoms with Gasteiger partial charge in [0.1, 0.15) is 0 Å². The van der Waals surface area contributed by atoms with Crippen molar-refractivity contribution < 1.29 is 9.09 Å². The van der Waals surface area contributed by atoms with Gasteiger partial charge in [-0.2, -0.15) is 0 Å². The van der Waals surface area contributed by atoms with Crippen LogP contribution in [0.15, 0.2) is 30.3 Å². The van der Waals surface area contributed by atoms with Gasteiger partial charge in [0.15, 0.2) is 0 Å². The van der Waals surface area contributed by atoms with Crippen LogP contribution < -0.4 is 5.30 Å². The van der Waals surface area contributed by atoms with E-state index in [0.29, 0.717) is 0 Å². The molecule has 0 spiro atoms. The Morgan fingerprint density at radius 2 is 2.00 bits per heavy atom. The highest BCUT2D eigenvalue weighted by atomic mass is 32.2. The Morgan fingerprint density at radius 3 is 2.53 bits per heavy atom. The molecule has 0 aromatic heterocycles. The zero-order valence-corrected chi connectivity index (χ0v) is 12.5. The lowest BCUT2D eigenvalue weighted by molar-refractivity contribution is 0.402. The molecule has 4 heteroatoms. The van der Waals surface area contributed by atoms with Gasteiger partial charge < -0.3 is 4.52 Å². The summed E-state index contributed by atoms with van der Waals surface area (Å²) < 4.78 is 18.2. The molecule has 1 rings (SSSR count). The molecule has 1 aromatic carbocycles. The van der Waals surface area contributed by atoms with Crippen LogP contribution in [0.2, 0.25) is 0 Å². The van der Waals surface area contributed by atoms with Crippen LogP contribution in [0, 0.1) is 0 Å². The molecule has 17 heavy (non-hydrogen) atoms. The summed E-state index contributed by atoms with van der Waals surface area (Å²) in [6.45, 7) is 4.16. The Kier molecular flexibility index (Phi) is 6.32. The molecule has 0 bridgehead atoms. The number of hydrogen-bond donors (Lipinski definition) is 0. The SMILES string of the molecule is CCCCSC(C)P(=O)(OC)c1ccccc1. The van der Waals surface area contributed by atoms with Gasteiger partial charge >= 0.3 is 0 Å². The number of unbranched alkanes of at least 4 members (excludes halogenated alkanes) is 1. The molecule has 0 heterocycles. The first-order valence-corrected chi connectivity index (χ1v) is 8.72. The highest BCUT2D eigenvalue weighted by Crippen LogP contribution is 2.54. The monoisotopic (exact) mass is 272 g/mol. The number of hydrogen-bond acceptors (Lipinski definition) is 3. The molecule has 0 amide bonds. The van der Waals surface area contributed by atoms with Crippen LogP contribution in [-0.2, 0) is 9.09 Å². The van der Waals surface area contributed by atoms with E-state index >= 15 is 0 Å². The lowest BCUT2D eigenvalue weighted by atomic mass is 10.4. The van der Waals surface area contributed by atoms with Crippen molar-refractivity contribution >= 4 is 24.4 Å². The minimum atomic E-state index is -2.72. The molecule has 0 fully saturated rings. The predicted molar refractivity (Wildman–Crippen MR) is 77.5 cm³/mol. The standard InChI is InChI=1S/C13H21O2PS/c1-4-5-11-17-12(2)16(14,15-3)13-9-7-6-8-10-13/h6-10,12H,4-5,11H2,1-3H3. The van der Waals surface area contributed by atoms with E-state index in [-0.39, 0.29) is 4.99 Å². The summed E-state index contributed by atoms with van der Waals surface area (Å²) in [5.74, 6) is 1.04. The van der Waals surface area contributed by atoms with Crippen LogP contribution in [0.25, 0.3) is 0 Å². The van der Waals surface area contributed by atoms with Gasteiger partial charge in [-0.1, -0.05) is 31.5 Å². The smallest absolute Gasteiger partial charge is 0.244 e. The minimum Gasteiger partial charge on any atom is -0.328 e. The maximum Gasteiger partial charge on any atom is 0.244 e. The van der Waals surface area contributed by atoms with Crippen molar-refractivity contribution in [1.82, 2.24) is 0 Å². The molecular formula is C13H21O2PS. The number of thioether (sulfide) groups is 1. The third-order valence-corrected chi connectivity index (χ3v) is 7.53. The van der Waals surface area contributed by atoms with Crippen LogP contribution in [0.3, 0.4) is 0 Å². The molecule has 0 saturated carbocycles. The zero-order chi connectivity index (χ0) is 12.7. The molecule has 2 atom stereocenters. The Balaban J connectivity index is 2.78. The second kappa shape index (κ2) is 7.25. The molecule has 2 unspecified atom stereocenters. The van der Waals surface area contributed by atoms with Crippen molar-refractivity contribution in [3.63, 3.8) is 0 Å². The Morgan fingerprint density at radius 1 is 1.35 bits per heavy atom. The molecule has 0 aliphatic heterocycles. The first-order valence-electron chi connectivity index (χ1n) is 5.97. The van der Waals surface area contributed by atoms with Crippen molar-refractivity contribution in [2.24, 2.45) is 0 Å². The fourth-order valence-corrected chi connectivity index (χ4v) is 5.63. The largest absolute Gasteiger partial charge is 0.328 e. The summed E-state index contributed by atoms with van der Waals surface area (Å²) in [6, 6.07) is 9.52. The van der Waals surface area contributed by atoms with E-state index in [1.54, 1.807) is 18.9 Å². The lowest BCUT2D eigenvalue weighted by Crippen LogP contribution is -2.14. The highest BCUT2D eigenvalue weighted by Gasteiger charge is 2.31. The second-order valence-corrected chi connectivity index (χ2v) is 8.59. The summed E-state index contributed by atoms with van der Waals surface area (Å²) in [7, 11) is -1.17. The van der Waals surface area contributed by atoms with Gasteiger partial charge in [0.25, 0.3) is 0 Å². The van der Waals surface area contributed by atoms with Gasteiger partial charge in [-0.3, -0.25) is 4.57 Å². The average Bonchev–Trinajstić information content (AvgIpc) is 2.39. The van der Waals surface area contributed by atoms with Crippen LogP contribution >= 0.6 is 19.1 Å². The van der Waals surface area contributed by atoms with Crippen molar-refractivity contribution in [2.45, 2.75) is 31.7 Å². The quantitative estimate of drug-likeness (QED) is 0.552. The summed E-state index contributed by atoms with van der Waals surface area (Å²) in [5.41, 5.74) is 0. The molecular weight excluding hydrogens is 251 g/mol. The molecule has 1 aromatic rings. The maximum atomic E-state index is 12.8. The summed E-state index contributed by atoms with van der Waals surface area (Å²) >= 11 is 1.74. The van der Waals surface area contributed by atoms with E-state index in [1.165, 1.54) is 6.42 Å². The van der Waals surface area contributed by atoms with Gasteiger partial charge in [-0.15, -0.1) is 11.8 Å². The normalized spacial score (nSPS) is 16.4. The van der Waals surface area contributed by atoms with E-state index in [0.717, 1.165) is 17.5 Å². The van der Waals surface area contributed by atoms with Crippen LogP contribution in [0.4, 0.5) is 0 Å². The fourth-order valence-electron chi connectivity index (χ4n) is 1.60. The van der Waals surface area contributed by atoms with Gasteiger partial charge in [-0.25, -0.2) is 0 Å². The Hall–Kier alpha value is -0.240. The van der Waals surface area contributed by atoms with Crippen molar-refractivity contribution in [3.05, 3.63) is 30.3 Å². The molecule has 0 saturated heterocycles. The topological polar surface area (TPSA) is 26.3 Å². The van der Waals surface area contributed by atoms with Gasteiger partial charge in [0.05, 0.1) is 4.99 Å². The molecule has 0 aliphatic rings. The number of rotatable bonds is 7. The Bertz CT molecular complexity index is 367.